The van der Waals surface area contributed by atoms with Crippen LogP contribution in [-0.2, 0) is 23.5 Å². The Labute approximate surface area is 347 Å². The Bertz CT molecular complexity index is 2270. The van der Waals surface area contributed by atoms with Gasteiger partial charge in [-0.2, -0.15) is 0 Å². The van der Waals surface area contributed by atoms with Gasteiger partial charge in [0.25, 0.3) is 0 Å². The molecule has 2 fully saturated rings. The van der Waals surface area contributed by atoms with E-state index >= 15 is 14.4 Å². The van der Waals surface area contributed by atoms with E-state index in [9.17, 15) is 0 Å². The molecule has 4 aromatic carbocycles. The van der Waals surface area contributed by atoms with Crippen molar-refractivity contribution in [3.63, 3.8) is 0 Å². The number of ketones is 1. The number of amides is 1. The summed E-state index contributed by atoms with van der Waals surface area (Å²) in [5.74, 6) is -2.11. The molecule has 0 spiro atoms. The number of β-lactam (4-membered cyclic amide) rings is 1. The van der Waals surface area contributed by atoms with E-state index < -0.39 is 45.2 Å². The number of rotatable bonds is 12. The van der Waals surface area contributed by atoms with Crippen molar-refractivity contribution in [3.8, 4) is 0 Å². The van der Waals surface area contributed by atoms with E-state index in [2.05, 4.69) is 40.4 Å². The average molecular weight is 829 g/mol. The number of esters is 1. The van der Waals surface area contributed by atoms with E-state index in [1.807, 2.05) is 128 Å². The zero-order valence-corrected chi connectivity index (χ0v) is 37.0. The first kappa shape index (κ1) is 41.5. The van der Waals surface area contributed by atoms with Crippen molar-refractivity contribution < 1.29 is 23.5 Å². The number of allylic oxidation sites excluding steroid dienone is 1. The van der Waals surface area contributed by atoms with Crippen molar-refractivity contribution in [2.24, 2.45) is 11.8 Å². The number of carbonyl (C=O) groups excluding carboxylic acids is 3. The maximum absolute atomic E-state index is 15.4. The van der Waals surface area contributed by atoms with E-state index in [0.717, 1.165) is 37.6 Å². The fourth-order valence-corrected chi connectivity index (χ4v) is 15.1. The Kier molecular flexibility index (Phi) is 12.1. The summed E-state index contributed by atoms with van der Waals surface area (Å²) in [6.07, 6.45) is 4.90. The highest BCUT2D eigenvalue weighted by Crippen LogP contribution is 2.52. The number of fused-ring (bicyclic) bond motifs is 1. The summed E-state index contributed by atoms with van der Waals surface area (Å²) < 4.78 is 14.1. The lowest BCUT2D eigenvalue weighted by Crippen LogP contribution is -2.72. The number of ether oxygens (including phenoxy) is 1. The van der Waals surface area contributed by atoms with Crippen LogP contribution in [0, 0.1) is 11.8 Å². The van der Waals surface area contributed by atoms with E-state index in [0.29, 0.717) is 18.4 Å². The van der Waals surface area contributed by atoms with Gasteiger partial charge >= 0.3 is 5.97 Å². The van der Waals surface area contributed by atoms with Crippen molar-refractivity contribution in [2.75, 3.05) is 6.61 Å². The fourth-order valence-electron chi connectivity index (χ4n) is 8.34. The second-order valence-corrected chi connectivity index (χ2v) is 25.9. The van der Waals surface area contributed by atoms with Gasteiger partial charge in [-0.1, -0.05) is 137 Å². The summed E-state index contributed by atoms with van der Waals surface area (Å²) in [5, 5.41) is 3.34. The van der Waals surface area contributed by atoms with Gasteiger partial charge < -0.3 is 14.1 Å². The summed E-state index contributed by atoms with van der Waals surface area (Å²) in [6, 6.07) is 37.3. The number of likely N-dealkylation sites (tertiary alicyclic amines) is 1. The van der Waals surface area contributed by atoms with Gasteiger partial charge in [0.1, 0.15) is 17.0 Å². The third kappa shape index (κ3) is 7.66. The molecule has 7 nitrogen and oxygen atoms in total. The Morgan fingerprint density at radius 2 is 1.47 bits per heavy atom. The van der Waals surface area contributed by atoms with Crippen molar-refractivity contribution in [1.82, 2.24) is 9.88 Å². The zero-order chi connectivity index (χ0) is 41.2. The molecule has 1 saturated heterocycles. The molecule has 1 amide bonds. The Balaban J connectivity index is 1.49. The van der Waals surface area contributed by atoms with Gasteiger partial charge in [0.05, 0.1) is 28.3 Å². The molecule has 7 rings (SSSR count). The van der Waals surface area contributed by atoms with Crippen LogP contribution in [0.2, 0.25) is 18.1 Å². The predicted octanol–water partition coefficient (Wildman–Crippen LogP) is 9.14. The van der Waals surface area contributed by atoms with Crippen LogP contribution < -0.4 is 15.9 Å². The monoisotopic (exact) mass is 828 g/mol. The number of para-hydroxylation sites is 1. The van der Waals surface area contributed by atoms with Crippen molar-refractivity contribution in [1.29, 1.82) is 0 Å². The Morgan fingerprint density at radius 3 is 2.00 bits per heavy atom. The first-order valence-corrected chi connectivity index (χ1v) is 25.6. The number of thiazole rings is 1. The molecular weight excluding hydrogens is 776 g/mol. The zero-order valence-electron chi connectivity index (χ0n) is 34.3. The first-order valence-electron chi connectivity index (χ1n) is 20.1. The molecular formula is C48H53N2O5PSSi. The molecule has 300 valence electrons. The molecule has 4 atom stereocenters. The van der Waals surface area contributed by atoms with Crippen LogP contribution in [0.4, 0.5) is 0 Å². The number of nitrogens with zero attached hydrogens (tertiary/aromatic N) is 2. The van der Waals surface area contributed by atoms with Crippen molar-refractivity contribution in [3.05, 3.63) is 138 Å². The molecule has 2 heterocycles. The molecule has 0 unspecified atom stereocenters. The summed E-state index contributed by atoms with van der Waals surface area (Å²) >= 11 is 1.56. The Hall–Kier alpha value is -4.66. The van der Waals surface area contributed by atoms with Crippen LogP contribution in [0.1, 0.15) is 52.0 Å². The van der Waals surface area contributed by atoms with Gasteiger partial charge in [0, 0.05) is 12.8 Å². The van der Waals surface area contributed by atoms with Gasteiger partial charge in [-0.25, -0.2) is 9.78 Å². The predicted molar refractivity (Wildman–Crippen MR) is 243 cm³/mol. The molecule has 0 N–H and O–H groups in total. The minimum Gasteiger partial charge on any atom is -0.457 e. The highest BCUT2D eigenvalue weighted by Gasteiger charge is 2.60. The smallest absolute Gasteiger partial charge is 0.356 e. The number of carbonyl (C=O) groups is 3. The van der Waals surface area contributed by atoms with Crippen LogP contribution in [0.15, 0.2) is 133 Å². The highest BCUT2D eigenvalue weighted by atomic mass is 32.1. The van der Waals surface area contributed by atoms with Gasteiger partial charge in [0.2, 0.25) is 5.91 Å². The largest absolute Gasteiger partial charge is 0.457 e. The summed E-state index contributed by atoms with van der Waals surface area (Å²) in [4.78, 5) is 52.2. The minimum absolute atomic E-state index is 0.0144. The SMILES string of the molecule is C=CCOC(=O)C(N1C(=O)[C@H]([C@@H](C)O[Si](C)(C)C(C)(C)C)[C@H]1[C@H]1CCCC(=Cc2nc3ccccc3s2)C1=O)=P(c1ccccc1)(c1ccccc1)c1ccccc1. The lowest BCUT2D eigenvalue weighted by Gasteiger charge is -2.55. The lowest BCUT2D eigenvalue weighted by atomic mass is 9.69. The van der Waals surface area contributed by atoms with E-state index in [1.54, 1.807) is 22.3 Å². The average Bonchev–Trinajstić information content (AvgIpc) is 3.63. The normalized spacial score (nSPS) is 20.1. The first-order chi connectivity index (χ1) is 27.8. The van der Waals surface area contributed by atoms with Crippen molar-refractivity contribution in [2.45, 2.75) is 77.2 Å². The molecule has 2 aliphatic rings. The molecule has 1 aromatic heterocycles. The van der Waals surface area contributed by atoms with E-state index in [1.165, 1.54) is 0 Å². The molecule has 1 saturated carbocycles. The van der Waals surface area contributed by atoms with Crippen LogP contribution >= 0.6 is 18.2 Å². The van der Waals surface area contributed by atoms with Gasteiger partial charge in [-0.3, -0.25) is 9.59 Å². The minimum atomic E-state index is -3.19. The van der Waals surface area contributed by atoms with E-state index in [4.69, 9.17) is 14.1 Å². The second-order valence-electron chi connectivity index (χ2n) is 16.7. The number of aromatic nitrogens is 1. The van der Waals surface area contributed by atoms with E-state index in [-0.39, 0.29) is 28.8 Å². The molecule has 0 radical (unpaired) electrons. The van der Waals surface area contributed by atoms with Crippen molar-refractivity contribution >= 4 is 81.8 Å². The summed E-state index contributed by atoms with van der Waals surface area (Å²) in [5.41, 5.74) is 1.85. The molecule has 5 aromatic rings. The Morgan fingerprint density at radius 1 is 0.914 bits per heavy atom. The number of hydrogen-bond acceptors (Lipinski definition) is 7. The number of Topliss-reactive ketones (excluding diaryl/α,β-unsaturated/α-hetero) is 1. The highest BCUT2D eigenvalue weighted by molar-refractivity contribution is 7.96. The molecule has 10 heteroatoms. The fraction of sp³-hybridized carbons (Fsp3) is 0.312. The molecule has 1 aliphatic carbocycles. The van der Waals surface area contributed by atoms with Crippen LogP contribution in [-0.4, -0.2) is 60.0 Å². The molecule has 1 aliphatic heterocycles. The number of hydrogen-bond donors (Lipinski definition) is 0. The van der Waals surface area contributed by atoms with Crippen LogP contribution in [0.3, 0.4) is 0 Å². The van der Waals surface area contributed by atoms with Gasteiger partial charge in [-0.15, -0.1) is 11.3 Å². The second kappa shape index (κ2) is 16.9. The third-order valence-electron chi connectivity index (χ3n) is 12.1. The quantitative estimate of drug-likeness (QED) is 0.0312. The number of benzene rings is 4. The van der Waals surface area contributed by atoms with Crippen LogP contribution in [0.5, 0.6) is 0 Å². The molecule has 58 heavy (non-hydrogen) atoms. The standard InChI is InChI=1S/C48H53N2O5PSSi/c1-8-31-54-47(53)46(56(35-22-12-9-13-23-35,36-24-14-10-15-25-36)37-26-16-11-17-27-37)50-43(42(45(50)52)33(2)55-58(6,7)48(3,4)5)38-28-20-21-34(44(38)51)32-41-49-39-29-18-19-30-40(39)57-41/h8-19,22-27,29-30,32-33,38,42-43H,1,20-21,28,31H2,2-7H3/t33-,38-,42-,43-/m1/s1. The van der Waals surface area contributed by atoms with Gasteiger partial charge in [-0.05, 0) is 84.0 Å². The summed E-state index contributed by atoms with van der Waals surface area (Å²) in [6.45, 7) is 13.5. The molecule has 0 bridgehead atoms. The maximum Gasteiger partial charge on any atom is 0.356 e. The maximum atomic E-state index is 15.4. The summed E-state index contributed by atoms with van der Waals surface area (Å²) in [7, 11) is -2.38. The topological polar surface area (TPSA) is 85.8 Å². The third-order valence-corrected chi connectivity index (χ3v) is 21.9. The van der Waals surface area contributed by atoms with Crippen LogP contribution in [0.25, 0.3) is 16.3 Å². The lowest BCUT2D eigenvalue weighted by molar-refractivity contribution is -0.162. The van der Waals surface area contributed by atoms with Gasteiger partial charge in [0.15, 0.2) is 14.1 Å².